The van der Waals surface area contributed by atoms with E-state index in [1.165, 1.54) is 0 Å². The summed E-state index contributed by atoms with van der Waals surface area (Å²) >= 11 is 5.93. The van der Waals surface area contributed by atoms with Crippen molar-refractivity contribution in [3.63, 3.8) is 0 Å². The predicted octanol–water partition coefficient (Wildman–Crippen LogP) is 2.74. The van der Waals surface area contributed by atoms with E-state index in [0.29, 0.717) is 27.6 Å². The van der Waals surface area contributed by atoms with Crippen LogP contribution in [0.4, 0.5) is 5.69 Å². The molecule has 5 heteroatoms. The highest BCUT2D eigenvalue weighted by Crippen LogP contribution is 2.43. The number of carbonyl (C=O) groups excluding carboxylic acids is 1. The second-order valence-corrected chi connectivity index (χ2v) is 5.13. The van der Waals surface area contributed by atoms with Gasteiger partial charge in [-0.2, -0.15) is 0 Å². The second kappa shape index (κ2) is 3.69. The second-order valence-electron chi connectivity index (χ2n) is 4.69. The molecule has 0 spiro atoms. The van der Waals surface area contributed by atoms with Crippen LogP contribution >= 0.6 is 11.6 Å². The third-order valence-corrected chi connectivity index (χ3v) is 3.70. The third-order valence-electron chi connectivity index (χ3n) is 3.47. The van der Waals surface area contributed by atoms with Gasteiger partial charge in [-0.05, 0) is 18.2 Å². The zero-order valence-corrected chi connectivity index (χ0v) is 10.9. The Morgan fingerprint density at radius 3 is 2.70 bits per heavy atom. The molecule has 0 fully saturated rings. The molecule has 4 rings (SSSR count). The van der Waals surface area contributed by atoms with Gasteiger partial charge in [-0.1, -0.05) is 35.9 Å². The number of hydrogen-bond acceptors (Lipinski definition) is 4. The van der Waals surface area contributed by atoms with Gasteiger partial charge in [0, 0.05) is 16.1 Å². The molecule has 0 bridgehead atoms. The van der Waals surface area contributed by atoms with Crippen LogP contribution in [-0.4, -0.2) is 22.4 Å². The fraction of sp³-hybridized carbons (Fsp3) is 0.0667. The lowest BCUT2D eigenvalue weighted by Gasteiger charge is -2.28. The molecule has 1 aliphatic heterocycles. The summed E-state index contributed by atoms with van der Waals surface area (Å²) in [6, 6.07) is 11.8. The average molecular weight is 286 g/mol. The van der Waals surface area contributed by atoms with Gasteiger partial charge in [-0.3, -0.25) is 4.79 Å². The van der Waals surface area contributed by atoms with Gasteiger partial charge < -0.3 is 9.84 Å². The van der Waals surface area contributed by atoms with Crippen LogP contribution in [0.2, 0.25) is 5.02 Å². The summed E-state index contributed by atoms with van der Waals surface area (Å²) in [5.41, 5.74) is 1.72. The molecule has 2 aliphatic rings. The summed E-state index contributed by atoms with van der Waals surface area (Å²) < 4.78 is 5.51. The Morgan fingerprint density at radius 2 is 1.90 bits per heavy atom. The number of halogens is 1. The molecule has 0 saturated carbocycles. The number of hydrogen-bond donors (Lipinski definition) is 1. The van der Waals surface area contributed by atoms with E-state index in [1.54, 1.807) is 42.5 Å². The lowest BCUT2D eigenvalue weighted by atomic mass is 10.1. The number of aliphatic imine (C=N–C) groups is 1. The van der Waals surface area contributed by atoms with E-state index in [2.05, 4.69) is 4.99 Å². The Hall–Kier alpha value is -2.17. The van der Waals surface area contributed by atoms with Gasteiger partial charge in [-0.25, -0.2) is 4.99 Å². The molecule has 1 atom stereocenters. The lowest BCUT2D eigenvalue weighted by Crippen LogP contribution is -2.48. The minimum Gasteiger partial charge on any atom is -0.447 e. The van der Waals surface area contributed by atoms with Crippen molar-refractivity contribution >= 4 is 28.8 Å². The van der Waals surface area contributed by atoms with Crippen LogP contribution < -0.4 is 4.74 Å². The van der Waals surface area contributed by atoms with Gasteiger partial charge in [-0.15, -0.1) is 0 Å². The van der Waals surface area contributed by atoms with Crippen molar-refractivity contribution in [2.75, 3.05) is 0 Å². The summed E-state index contributed by atoms with van der Waals surface area (Å²) in [5, 5.41) is 11.1. The first-order valence-electron chi connectivity index (χ1n) is 6.04. The van der Waals surface area contributed by atoms with Crippen molar-refractivity contribution in [3.05, 3.63) is 58.6 Å². The lowest BCUT2D eigenvalue weighted by molar-refractivity contribution is -0.0458. The minimum atomic E-state index is -2.04. The third kappa shape index (κ3) is 1.35. The summed E-state index contributed by atoms with van der Waals surface area (Å²) in [6.07, 6.45) is 0. The van der Waals surface area contributed by atoms with Crippen molar-refractivity contribution in [1.82, 2.24) is 0 Å². The Labute approximate surface area is 119 Å². The number of aliphatic hydroxyl groups is 1. The standard InChI is InChI=1S/C15H8ClNO3/c16-8-5-6-12-11(7-8)17-13-9-3-1-2-4-10(9)14(18)15(13,19)20-12/h1-7,19H. The molecule has 1 aliphatic carbocycles. The number of Topliss-reactive ketones (excluding diaryl/α,β-unsaturated/α-hetero) is 1. The van der Waals surface area contributed by atoms with Crippen molar-refractivity contribution in [2.45, 2.75) is 5.79 Å². The quantitative estimate of drug-likeness (QED) is 0.810. The minimum absolute atomic E-state index is 0.216. The molecule has 1 heterocycles. The number of rotatable bonds is 0. The van der Waals surface area contributed by atoms with E-state index in [9.17, 15) is 9.90 Å². The Balaban J connectivity index is 2.01. The monoisotopic (exact) mass is 285 g/mol. The van der Waals surface area contributed by atoms with E-state index >= 15 is 0 Å². The van der Waals surface area contributed by atoms with Crippen LogP contribution in [0.1, 0.15) is 15.9 Å². The predicted molar refractivity (Wildman–Crippen MR) is 74.0 cm³/mol. The zero-order valence-electron chi connectivity index (χ0n) is 10.1. The molecule has 0 amide bonds. The Morgan fingerprint density at radius 1 is 1.15 bits per heavy atom. The highest BCUT2D eigenvalue weighted by Gasteiger charge is 2.54. The molecule has 98 valence electrons. The summed E-state index contributed by atoms with van der Waals surface area (Å²) in [4.78, 5) is 16.7. The smallest absolute Gasteiger partial charge is 0.318 e. The molecular formula is C15H8ClNO3. The molecular weight excluding hydrogens is 278 g/mol. The summed E-state index contributed by atoms with van der Waals surface area (Å²) in [6.45, 7) is 0. The Kier molecular flexibility index (Phi) is 2.14. The number of fused-ring (bicyclic) bond motifs is 4. The van der Waals surface area contributed by atoms with Gasteiger partial charge in [0.2, 0.25) is 5.78 Å². The summed E-state index contributed by atoms with van der Waals surface area (Å²) in [5.74, 6) is -2.20. The molecule has 1 N–H and O–H groups in total. The zero-order chi connectivity index (χ0) is 13.9. The van der Waals surface area contributed by atoms with E-state index in [0.717, 1.165) is 0 Å². The van der Waals surface area contributed by atoms with Gasteiger partial charge in [0.1, 0.15) is 17.1 Å². The number of carbonyl (C=O) groups is 1. The van der Waals surface area contributed by atoms with Crippen molar-refractivity contribution in [1.29, 1.82) is 0 Å². The van der Waals surface area contributed by atoms with Crippen LogP contribution in [0.5, 0.6) is 5.75 Å². The fourth-order valence-electron chi connectivity index (χ4n) is 2.53. The highest BCUT2D eigenvalue weighted by atomic mass is 35.5. The Bertz CT molecular complexity index is 799. The van der Waals surface area contributed by atoms with E-state index in [1.807, 2.05) is 0 Å². The van der Waals surface area contributed by atoms with Crippen LogP contribution in [0.15, 0.2) is 47.5 Å². The van der Waals surface area contributed by atoms with Crippen molar-refractivity contribution < 1.29 is 14.6 Å². The molecule has 4 nitrogen and oxygen atoms in total. The molecule has 2 aromatic carbocycles. The SMILES string of the molecule is O=C1c2ccccc2C2=Nc3cc(Cl)ccc3OC12O. The molecule has 0 aromatic heterocycles. The van der Waals surface area contributed by atoms with E-state index in [-0.39, 0.29) is 5.71 Å². The van der Waals surface area contributed by atoms with Gasteiger partial charge in [0.25, 0.3) is 0 Å². The van der Waals surface area contributed by atoms with Crippen LogP contribution in [-0.2, 0) is 0 Å². The highest BCUT2D eigenvalue weighted by molar-refractivity contribution is 6.34. The van der Waals surface area contributed by atoms with E-state index in [4.69, 9.17) is 16.3 Å². The van der Waals surface area contributed by atoms with Gasteiger partial charge in [0.05, 0.1) is 0 Å². The first-order valence-corrected chi connectivity index (χ1v) is 6.42. The van der Waals surface area contributed by atoms with E-state index < -0.39 is 11.6 Å². The summed E-state index contributed by atoms with van der Waals surface area (Å²) in [7, 11) is 0. The van der Waals surface area contributed by atoms with Crippen LogP contribution in [0, 0.1) is 0 Å². The van der Waals surface area contributed by atoms with Gasteiger partial charge >= 0.3 is 5.79 Å². The largest absolute Gasteiger partial charge is 0.447 e. The topological polar surface area (TPSA) is 58.9 Å². The first kappa shape index (κ1) is 11.6. The van der Waals surface area contributed by atoms with Crippen LogP contribution in [0.25, 0.3) is 0 Å². The number of ketones is 1. The van der Waals surface area contributed by atoms with Crippen LogP contribution in [0.3, 0.4) is 0 Å². The fourth-order valence-corrected chi connectivity index (χ4v) is 2.70. The molecule has 0 saturated heterocycles. The number of nitrogens with zero attached hydrogens (tertiary/aromatic N) is 1. The maximum absolute atomic E-state index is 12.3. The normalized spacial score (nSPS) is 22.5. The van der Waals surface area contributed by atoms with Crippen molar-refractivity contribution in [3.8, 4) is 5.75 Å². The molecule has 1 unspecified atom stereocenters. The maximum atomic E-state index is 12.3. The number of ether oxygens (including phenoxy) is 1. The van der Waals surface area contributed by atoms with Gasteiger partial charge in [0.15, 0.2) is 0 Å². The molecule has 20 heavy (non-hydrogen) atoms. The first-order chi connectivity index (χ1) is 9.59. The average Bonchev–Trinajstić information content (AvgIpc) is 2.66. The number of benzene rings is 2. The molecule has 2 aromatic rings. The van der Waals surface area contributed by atoms with Crippen molar-refractivity contribution in [2.24, 2.45) is 4.99 Å². The maximum Gasteiger partial charge on any atom is 0.318 e. The molecule has 0 radical (unpaired) electrons.